The number of aliphatic imine (C=N–C) groups is 1. The number of non-ortho nitro benzene ring substituents is 1. The fourth-order valence-electron chi connectivity index (χ4n) is 1.85. The summed E-state index contributed by atoms with van der Waals surface area (Å²) >= 11 is 5.01. The van der Waals surface area contributed by atoms with Crippen LogP contribution in [-0.2, 0) is 4.74 Å². The molecule has 0 aliphatic rings. The highest BCUT2D eigenvalue weighted by atomic mass is 32.1. The van der Waals surface area contributed by atoms with Gasteiger partial charge in [-0.25, -0.2) is 4.79 Å². The molecule has 0 spiro atoms. The first-order valence-electron chi connectivity index (χ1n) is 7.03. The van der Waals surface area contributed by atoms with Crippen LogP contribution in [-0.4, -0.2) is 29.5 Å². The number of alkyl carbamates (subject to hydrolysis) is 1. The Bertz CT molecular complexity index is 838. The third-order valence-corrected chi connectivity index (χ3v) is 3.19. The van der Waals surface area contributed by atoms with Gasteiger partial charge in [0, 0.05) is 18.3 Å². The number of nitrogens with zero attached hydrogens (tertiary/aromatic N) is 2. The van der Waals surface area contributed by atoms with Crippen LogP contribution in [0, 0.1) is 10.1 Å². The van der Waals surface area contributed by atoms with Gasteiger partial charge in [0.25, 0.3) is 5.69 Å². The van der Waals surface area contributed by atoms with E-state index in [2.05, 4.69) is 20.4 Å². The molecule has 0 unspecified atom stereocenters. The summed E-state index contributed by atoms with van der Waals surface area (Å²) in [6.07, 6.45) is 0.819. The monoisotopic (exact) mass is 358 g/mol. The van der Waals surface area contributed by atoms with Crippen LogP contribution in [0.4, 0.5) is 21.9 Å². The Hall–Kier alpha value is -3.33. The Morgan fingerprint density at radius 3 is 2.76 bits per heavy atom. The maximum Gasteiger partial charge on any atom is 0.413 e. The summed E-state index contributed by atoms with van der Waals surface area (Å²) in [7, 11) is 1.23. The van der Waals surface area contributed by atoms with Crippen LogP contribution in [0.15, 0.2) is 53.5 Å². The van der Waals surface area contributed by atoms with E-state index in [1.54, 1.807) is 36.4 Å². The second-order valence-corrected chi connectivity index (χ2v) is 5.11. The molecule has 9 heteroatoms. The summed E-state index contributed by atoms with van der Waals surface area (Å²) in [6, 6.07) is 13.1. The Balaban J connectivity index is 2.17. The summed E-state index contributed by atoms with van der Waals surface area (Å²) in [5, 5.41) is 16.0. The fraction of sp³-hybridized carbons (Fsp3) is 0.0625. The number of nitro groups is 1. The Morgan fingerprint density at radius 1 is 1.28 bits per heavy atom. The summed E-state index contributed by atoms with van der Waals surface area (Å²) in [6.45, 7) is 0. The van der Waals surface area contributed by atoms with Crippen LogP contribution in [0.3, 0.4) is 0 Å². The highest BCUT2D eigenvalue weighted by molar-refractivity contribution is 7.80. The number of nitrogens with one attached hydrogen (secondary N) is 2. The minimum atomic E-state index is -0.685. The van der Waals surface area contributed by atoms with Crippen molar-refractivity contribution in [3.63, 3.8) is 0 Å². The lowest BCUT2D eigenvalue weighted by atomic mass is 10.2. The second-order valence-electron chi connectivity index (χ2n) is 4.70. The molecule has 0 saturated heterocycles. The number of thiocarbonyl (C=S) groups is 1. The molecule has 8 nitrogen and oxygen atoms in total. The number of rotatable bonds is 4. The summed E-state index contributed by atoms with van der Waals surface area (Å²) in [5.74, 6) is 0. The number of para-hydroxylation sites is 2. The van der Waals surface area contributed by atoms with Gasteiger partial charge in [0.05, 0.1) is 23.4 Å². The average molecular weight is 358 g/mol. The van der Waals surface area contributed by atoms with E-state index >= 15 is 0 Å². The van der Waals surface area contributed by atoms with Crippen molar-refractivity contribution in [2.45, 2.75) is 0 Å². The van der Waals surface area contributed by atoms with E-state index in [1.165, 1.54) is 25.5 Å². The molecule has 0 bridgehead atoms. The van der Waals surface area contributed by atoms with Crippen molar-refractivity contribution in [2.24, 2.45) is 4.99 Å². The molecular formula is C16H14N4O4S. The summed E-state index contributed by atoms with van der Waals surface area (Å²) in [4.78, 5) is 25.8. The SMILES string of the molecule is COC(=O)NC(=S)Nc1ccccc1/N=C/c1cccc([N+](=O)[O-])c1. The van der Waals surface area contributed by atoms with E-state index in [9.17, 15) is 14.9 Å². The number of methoxy groups -OCH3 is 1. The van der Waals surface area contributed by atoms with E-state index in [0.717, 1.165) is 0 Å². The highest BCUT2D eigenvalue weighted by Gasteiger charge is 2.07. The van der Waals surface area contributed by atoms with Gasteiger partial charge >= 0.3 is 6.09 Å². The predicted octanol–water partition coefficient (Wildman–Crippen LogP) is 3.40. The van der Waals surface area contributed by atoms with Gasteiger partial charge in [-0.2, -0.15) is 0 Å². The maximum atomic E-state index is 11.1. The third kappa shape index (κ3) is 5.36. The van der Waals surface area contributed by atoms with Crippen LogP contribution < -0.4 is 10.6 Å². The molecule has 25 heavy (non-hydrogen) atoms. The Labute approximate surface area is 148 Å². The predicted molar refractivity (Wildman–Crippen MR) is 98.6 cm³/mol. The minimum absolute atomic E-state index is 0.0150. The van der Waals surface area contributed by atoms with E-state index in [0.29, 0.717) is 16.9 Å². The number of amides is 1. The van der Waals surface area contributed by atoms with Gasteiger partial charge in [0.15, 0.2) is 5.11 Å². The van der Waals surface area contributed by atoms with Crippen molar-refractivity contribution in [1.29, 1.82) is 0 Å². The molecule has 0 aromatic heterocycles. The van der Waals surface area contributed by atoms with Crippen LogP contribution in [0.25, 0.3) is 0 Å². The number of anilines is 1. The van der Waals surface area contributed by atoms with Gasteiger partial charge in [0.2, 0.25) is 0 Å². The fourth-order valence-corrected chi connectivity index (χ4v) is 2.05. The van der Waals surface area contributed by atoms with Crippen LogP contribution >= 0.6 is 12.2 Å². The second kappa shape index (κ2) is 8.50. The lowest BCUT2D eigenvalue weighted by Crippen LogP contribution is -2.33. The van der Waals surface area contributed by atoms with E-state index in [-0.39, 0.29) is 10.8 Å². The number of ether oxygens (including phenoxy) is 1. The summed E-state index contributed by atoms with van der Waals surface area (Å²) < 4.78 is 4.46. The Morgan fingerprint density at radius 2 is 2.04 bits per heavy atom. The molecule has 0 saturated carbocycles. The van der Waals surface area contributed by atoms with Gasteiger partial charge in [0.1, 0.15) is 0 Å². The first-order chi connectivity index (χ1) is 12.0. The Kier molecular flexibility index (Phi) is 6.13. The minimum Gasteiger partial charge on any atom is -0.453 e. The zero-order chi connectivity index (χ0) is 18.2. The molecule has 128 valence electrons. The van der Waals surface area contributed by atoms with Crippen LogP contribution in [0.2, 0.25) is 0 Å². The van der Waals surface area contributed by atoms with E-state index < -0.39 is 11.0 Å². The molecule has 2 aromatic carbocycles. The number of hydrogen-bond acceptors (Lipinski definition) is 6. The molecule has 0 heterocycles. The van der Waals surface area contributed by atoms with Crippen molar-refractivity contribution in [1.82, 2.24) is 5.32 Å². The van der Waals surface area contributed by atoms with Crippen molar-refractivity contribution in [2.75, 3.05) is 12.4 Å². The standard InChI is InChI=1S/C16H14N4O4S/c1-24-16(21)19-15(25)18-14-8-3-2-7-13(14)17-10-11-5-4-6-12(9-11)20(22)23/h2-10H,1H3,(H2,18,19,21,25)/b17-10+. The molecule has 0 fully saturated rings. The lowest BCUT2D eigenvalue weighted by molar-refractivity contribution is -0.384. The number of carbonyl (C=O) groups excluding carboxylic acids is 1. The molecule has 2 N–H and O–H groups in total. The normalized spacial score (nSPS) is 10.3. The maximum absolute atomic E-state index is 11.1. The van der Waals surface area contributed by atoms with E-state index in [4.69, 9.17) is 12.2 Å². The average Bonchev–Trinajstić information content (AvgIpc) is 2.61. The number of hydrogen-bond donors (Lipinski definition) is 2. The van der Waals surface area contributed by atoms with Gasteiger partial charge < -0.3 is 10.1 Å². The third-order valence-electron chi connectivity index (χ3n) is 2.99. The van der Waals surface area contributed by atoms with Crippen molar-refractivity contribution < 1.29 is 14.5 Å². The first-order valence-corrected chi connectivity index (χ1v) is 7.44. The highest BCUT2D eigenvalue weighted by Crippen LogP contribution is 2.24. The van der Waals surface area contributed by atoms with Crippen molar-refractivity contribution in [3.05, 3.63) is 64.2 Å². The number of benzene rings is 2. The van der Waals surface area contributed by atoms with Crippen molar-refractivity contribution in [3.8, 4) is 0 Å². The topological polar surface area (TPSA) is 106 Å². The summed E-state index contributed by atoms with van der Waals surface area (Å²) in [5.41, 5.74) is 1.67. The van der Waals surface area contributed by atoms with Crippen LogP contribution in [0.1, 0.15) is 5.56 Å². The number of nitro benzene ring substituents is 1. The van der Waals surface area contributed by atoms with Gasteiger partial charge in [-0.3, -0.25) is 20.4 Å². The van der Waals surface area contributed by atoms with Gasteiger partial charge in [-0.05, 0) is 29.9 Å². The first kappa shape index (κ1) is 18.0. The molecule has 0 aliphatic heterocycles. The molecule has 2 aromatic rings. The zero-order valence-corrected chi connectivity index (χ0v) is 13.9. The molecule has 1 amide bonds. The van der Waals surface area contributed by atoms with Gasteiger partial charge in [-0.15, -0.1) is 0 Å². The molecule has 0 radical (unpaired) electrons. The largest absolute Gasteiger partial charge is 0.453 e. The van der Waals surface area contributed by atoms with Crippen LogP contribution in [0.5, 0.6) is 0 Å². The molecule has 0 aliphatic carbocycles. The lowest BCUT2D eigenvalue weighted by Gasteiger charge is -2.10. The quantitative estimate of drug-likeness (QED) is 0.375. The van der Waals surface area contributed by atoms with Gasteiger partial charge in [-0.1, -0.05) is 24.3 Å². The zero-order valence-electron chi connectivity index (χ0n) is 13.1. The number of carbonyl (C=O) groups is 1. The van der Waals surface area contributed by atoms with Crippen molar-refractivity contribution >= 4 is 46.7 Å². The molecule has 2 rings (SSSR count). The molecular weight excluding hydrogens is 344 g/mol. The smallest absolute Gasteiger partial charge is 0.413 e. The molecule has 0 atom stereocenters. The van der Waals surface area contributed by atoms with E-state index in [1.807, 2.05) is 0 Å².